The summed E-state index contributed by atoms with van der Waals surface area (Å²) in [6.45, 7) is 4.94. The first kappa shape index (κ1) is 16.8. The zero-order valence-corrected chi connectivity index (χ0v) is 13.4. The second kappa shape index (κ2) is 8.80. The number of likely N-dealkylation sites (N-methyl/N-ethyl adjacent to an activating group) is 1. The van der Waals surface area contributed by atoms with Crippen molar-refractivity contribution in [1.82, 2.24) is 5.32 Å². The maximum atomic E-state index is 6.24. The van der Waals surface area contributed by atoms with E-state index in [1.54, 1.807) is 6.07 Å². The lowest BCUT2D eigenvalue weighted by molar-refractivity contribution is 0.0301. The van der Waals surface area contributed by atoms with Gasteiger partial charge in [0.25, 0.3) is 0 Å². The molecule has 0 saturated heterocycles. The van der Waals surface area contributed by atoms with E-state index in [1.807, 2.05) is 26.1 Å². The lowest BCUT2D eigenvalue weighted by atomic mass is 9.98. The lowest BCUT2D eigenvalue weighted by Crippen LogP contribution is -2.41. The van der Waals surface area contributed by atoms with Gasteiger partial charge in [0.15, 0.2) is 0 Å². The molecule has 2 unspecified atom stereocenters. The van der Waals surface area contributed by atoms with E-state index in [4.69, 9.17) is 27.9 Å². The van der Waals surface area contributed by atoms with E-state index in [2.05, 4.69) is 12.2 Å². The maximum Gasteiger partial charge on any atom is 0.0730 e. The molecule has 2 nitrogen and oxygen atoms in total. The van der Waals surface area contributed by atoms with E-state index < -0.39 is 0 Å². The second-order valence-electron chi connectivity index (χ2n) is 4.62. The second-order valence-corrected chi connectivity index (χ2v) is 5.46. The normalized spacial score (nSPS) is 14.4. The molecule has 1 aromatic rings. The number of benzene rings is 1. The molecule has 0 aliphatic carbocycles. The maximum absolute atomic E-state index is 6.24. The number of hydrogen-bond acceptors (Lipinski definition) is 2. The van der Waals surface area contributed by atoms with Gasteiger partial charge in [0, 0.05) is 22.7 Å². The van der Waals surface area contributed by atoms with Crippen molar-refractivity contribution in [1.29, 1.82) is 0 Å². The molecule has 0 amide bonds. The Hall–Kier alpha value is -0.280. The lowest BCUT2D eigenvalue weighted by Gasteiger charge is -2.27. The van der Waals surface area contributed by atoms with Gasteiger partial charge in [-0.05, 0) is 44.5 Å². The molecular weight excluding hydrogens is 281 g/mol. The van der Waals surface area contributed by atoms with E-state index in [0.29, 0.717) is 5.02 Å². The summed E-state index contributed by atoms with van der Waals surface area (Å²) < 4.78 is 5.84. The predicted molar refractivity (Wildman–Crippen MR) is 83.3 cm³/mol. The van der Waals surface area contributed by atoms with Crippen LogP contribution in [0, 0.1) is 0 Å². The van der Waals surface area contributed by atoms with Gasteiger partial charge in [0.2, 0.25) is 0 Å². The Morgan fingerprint density at radius 2 is 2.00 bits per heavy atom. The highest BCUT2D eigenvalue weighted by Crippen LogP contribution is 2.23. The van der Waals surface area contributed by atoms with Crippen LogP contribution in [0.4, 0.5) is 0 Å². The molecule has 19 heavy (non-hydrogen) atoms. The number of nitrogens with one attached hydrogen (secondary N) is 1. The summed E-state index contributed by atoms with van der Waals surface area (Å²) in [6.07, 6.45) is 3.21. The van der Waals surface area contributed by atoms with E-state index in [0.717, 1.165) is 36.5 Å². The van der Waals surface area contributed by atoms with Crippen molar-refractivity contribution in [3.63, 3.8) is 0 Å². The third kappa shape index (κ3) is 5.31. The Bertz CT molecular complexity index is 378. The van der Waals surface area contributed by atoms with E-state index >= 15 is 0 Å². The van der Waals surface area contributed by atoms with Crippen molar-refractivity contribution in [3.05, 3.63) is 33.8 Å². The largest absolute Gasteiger partial charge is 0.377 e. The number of ether oxygens (including phenoxy) is 1. The third-order valence-corrected chi connectivity index (χ3v) is 3.82. The van der Waals surface area contributed by atoms with Gasteiger partial charge in [-0.3, -0.25) is 0 Å². The predicted octanol–water partition coefficient (Wildman–Crippen LogP) is 4.33. The minimum absolute atomic E-state index is 0.215. The SMILES string of the molecule is CCCC(OCC)C(Cc1ccc(Cl)cc1Cl)NC. The third-order valence-electron chi connectivity index (χ3n) is 3.23. The van der Waals surface area contributed by atoms with Gasteiger partial charge in [-0.25, -0.2) is 0 Å². The van der Waals surface area contributed by atoms with Crippen LogP contribution >= 0.6 is 23.2 Å². The Labute approximate surface area is 126 Å². The zero-order valence-electron chi connectivity index (χ0n) is 11.9. The van der Waals surface area contributed by atoms with E-state index in [1.165, 1.54) is 0 Å². The summed E-state index contributed by atoms with van der Waals surface area (Å²) in [5.41, 5.74) is 1.10. The molecule has 1 aromatic carbocycles. The summed E-state index contributed by atoms with van der Waals surface area (Å²) in [5, 5.41) is 4.74. The fourth-order valence-corrected chi connectivity index (χ4v) is 2.73. The summed E-state index contributed by atoms with van der Waals surface area (Å²) in [4.78, 5) is 0. The number of rotatable bonds is 8. The van der Waals surface area contributed by atoms with Crippen LogP contribution in [0.3, 0.4) is 0 Å². The van der Waals surface area contributed by atoms with Crippen molar-refractivity contribution >= 4 is 23.2 Å². The smallest absolute Gasteiger partial charge is 0.0730 e. The minimum Gasteiger partial charge on any atom is -0.377 e. The molecule has 0 radical (unpaired) electrons. The van der Waals surface area contributed by atoms with E-state index in [9.17, 15) is 0 Å². The fourth-order valence-electron chi connectivity index (χ4n) is 2.24. The molecule has 1 N–H and O–H groups in total. The zero-order chi connectivity index (χ0) is 14.3. The molecule has 0 bridgehead atoms. The van der Waals surface area contributed by atoms with Crippen LogP contribution < -0.4 is 5.32 Å². The molecule has 108 valence electrons. The van der Waals surface area contributed by atoms with Gasteiger partial charge in [-0.1, -0.05) is 42.6 Å². The minimum atomic E-state index is 0.215. The summed E-state index contributed by atoms with van der Waals surface area (Å²) in [5.74, 6) is 0. The standard InChI is InChI=1S/C15H23Cl2NO/c1-4-6-15(19-5-2)14(18-3)9-11-7-8-12(16)10-13(11)17/h7-8,10,14-15,18H,4-6,9H2,1-3H3. The Morgan fingerprint density at radius 1 is 1.26 bits per heavy atom. The van der Waals surface area contributed by atoms with Crippen LogP contribution in [-0.4, -0.2) is 25.8 Å². The van der Waals surface area contributed by atoms with Crippen molar-refractivity contribution in [2.24, 2.45) is 0 Å². The molecule has 2 atom stereocenters. The van der Waals surface area contributed by atoms with Gasteiger partial charge in [-0.2, -0.15) is 0 Å². The monoisotopic (exact) mass is 303 g/mol. The average molecular weight is 304 g/mol. The van der Waals surface area contributed by atoms with E-state index in [-0.39, 0.29) is 12.1 Å². The van der Waals surface area contributed by atoms with Gasteiger partial charge in [-0.15, -0.1) is 0 Å². The van der Waals surface area contributed by atoms with Gasteiger partial charge in [0.05, 0.1) is 6.10 Å². The van der Waals surface area contributed by atoms with Crippen LogP contribution in [0.25, 0.3) is 0 Å². The average Bonchev–Trinajstić information content (AvgIpc) is 2.38. The van der Waals surface area contributed by atoms with Crippen LogP contribution in [-0.2, 0) is 11.2 Å². The Morgan fingerprint density at radius 3 is 2.53 bits per heavy atom. The highest BCUT2D eigenvalue weighted by atomic mass is 35.5. The van der Waals surface area contributed by atoms with Crippen molar-refractivity contribution < 1.29 is 4.74 Å². The number of halogens is 2. The number of hydrogen-bond donors (Lipinski definition) is 1. The van der Waals surface area contributed by atoms with Gasteiger partial charge >= 0.3 is 0 Å². The molecular formula is C15H23Cl2NO. The first-order valence-corrected chi connectivity index (χ1v) is 7.60. The summed E-state index contributed by atoms with van der Waals surface area (Å²) in [6, 6.07) is 5.92. The molecule has 4 heteroatoms. The first-order chi connectivity index (χ1) is 9.12. The Balaban J connectivity index is 2.78. The molecule has 0 saturated carbocycles. The Kier molecular flexibility index (Phi) is 7.77. The quantitative estimate of drug-likeness (QED) is 0.772. The van der Waals surface area contributed by atoms with Crippen LogP contribution in [0.2, 0.25) is 10.0 Å². The van der Waals surface area contributed by atoms with Gasteiger partial charge < -0.3 is 10.1 Å². The first-order valence-electron chi connectivity index (χ1n) is 6.85. The highest BCUT2D eigenvalue weighted by Gasteiger charge is 2.20. The molecule has 1 rings (SSSR count). The summed E-state index contributed by atoms with van der Waals surface area (Å²) in [7, 11) is 1.97. The highest BCUT2D eigenvalue weighted by molar-refractivity contribution is 6.35. The van der Waals surface area contributed by atoms with Crippen LogP contribution in [0.1, 0.15) is 32.3 Å². The van der Waals surface area contributed by atoms with Crippen LogP contribution in [0.5, 0.6) is 0 Å². The molecule has 0 heterocycles. The molecule has 0 aliphatic rings. The summed E-state index contributed by atoms with van der Waals surface area (Å²) >= 11 is 12.2. The topological polar surface area (TPSA) is 21.3 Å². The van der Waals surface area contributed by atoms with Crippen molar-refractivity contribution in [3.8, 4) is 0 Å². The van der Waals surface area contributed by atoms with Crippen LogP contribution in [0.15, 0.2) is 18.2 Å². The molecule has 0 aliphatic heterocycles. The molecule has 0 spiro atoms. The molecule has 0 aromatic heterocycles. The van der Waals surface area contributed by atoms with Crippen molar-refractivity contribution in [2.45, 2.75) is 45.3 Å². The molecule has 0 fully saturated rings. The van der Waals surface area contributed by atoms with Crippen molar-refractivity contribution in [2.75, 3.05) is 13.7 Å². The fraction of sp³-hybridized carbons (Fsp3) is 0.600. The van der Waals surface area contributed by atoms with Gasteiger partial charge in [0.1, 0.15) is 0 Å².